The molecule has 30 heavy (non-hydrogen) atoms. The molecule has 0 saturated heterocycles. The van der Waals surface area contributed by atoms with E-state index < -0.39 is 0 Å². The molecule has 1 aromatic heterocycles. The predicted octanol–water partition coefficient (Wildman–Crippen LogP) is 5.01. The van der Waals surface area contributed by atoms with Gasteiger partial charge in [-0.1, -0.05) is 47.7 Å². The van der Waals surface area contributed by atoms with Crippen molar-refractivity contribution in [1.29, 1.82) is 0 Å². The topological polar surface area (TPSA) is 48.1 Å². The van der Waals surface area contributed by atoms with Gasteiger partial charge in [0.05, 0.1) is 37.2 Å². The van der Waals surface area contributed by atoms with E-state index >= 15 is 0 Å². The molecule has 0 aliphatic heterocycles. The summed E-state index contributed by atoms with van der Waals surface area (Å²) in [5.74, 6) is 1.47. The zero-order chi connectivity index (χ0) is 20.9. The Morgan fingerprint density at radius 3 is 2.57 bits per heavy atom. The molecular formula is C24H23N3O2S. The Morgan fingerprint density at radius 2 is 1.80 bits per heavy atom. The average Bonchev–Trinajstić information content (AvgIpc) is 3.10. The normalized spacial score (nSPS) is 12.0. The van der Waals surface area contributed by atoms with Gasteiger partial charge in [-0.05, 0) is 48.4 Å². The Morgan fingerprint density at radius 1 is 0.967 bits per heavy atom. The molecule has 0 aliphatic carbocycles. The van der Waals surface area contributed by atoms with Crippen molar-refractivity contribution in [1.82, 2.24) is 4.57 Å². The van der Waals surface area contributed by atoms with Crippen molar-refractivity contribution in [2.45, 2.75) is 13.5 Å². The summed E-state index contributed by atoms with van der Waals surface area (Å²) in [6.07, 6.45) is 1.70. The van der Waals surface area contributed by atoms with Crippen LogP contribution in [0.4, 0.5) is 0 Å². The molecule has 0 aliphatic rings. The molecule has 4 aromatic rings. The number of nitrogens with zero attached hydrogens (tertiary/aromatic N) is 3. The summed E-state index contributed by atoms with van der Waals surface area (Å²) in [6.45, 7) is 2.84. The molecule has 5 nitrogen and oxygen atoms in total. The fourth-order valence-corrected chi connectivity index (χ4v) is 4.34. The molecule has 4 rings (SSSR count). The van der Waals surface area contributed by atoms with E-state index in [2.05, 4.69) is 64.2 Å². The van der Waals surface area contributed by atoms with E-state index in [9.17, 15) is 0 Å². The molecule has 0 atom stereocenters. The second kappa shape index (κ2) is 8.97. The largest absolute Gasteiger partial charge is 0.497 e. The lowest BCUT2D eigenvalue weighted by atomic mass is 10.2. The molecule has 0 unspecified atom stereocenters. The van der Waals surface area contributed by atoms with Crippen molar-refractivity contribution in [2.24, 2.45) is 10.2 Å². The molecule has 0 spiro atoms. The molecule has 0 bridgehead atoms. The first-order valence-electron chi connectivity index (χ1n) is 9.61. The maximum atomic E-state index is 5.42. The smallest absolute Gasteiger partial charge is 0.211 e. The fraction of sp³-hybridized carbons (Fsp3) is 0.167. The van der Waals surface area contributed by atoms with Crippen molar-refractivity contribution in [2.75, 3.05) is 14.2 Å². The highest BCUT2D eigenvalue weighted by molar-refractivity contribution is 7.16. The summed E-state index contributed by atoms with van der Waals surface area (Å²) in [7, 11) is 3.28. The van der Waals surface area contributed by atoms with Crippen LogP contribution in [0.5, 0.6) is 11.5 Å². The van der Waals surface area contributed by atoms with Crippen LogP contribution in [0, 0.1) is 6.92 Å². The van der Waals surface area contributed by atoms with Crippen molar-refractivity contribution < 1.29 is 9.47 Å². The summed E-state index contributed by atoms with van der Waals surface area (Å²) in [6, 6.07) is 22.4. The maximum Gasteiger partial charge on any atom is 0.211 e. The van der Waals surface area contributed by atoms with Crippen molar-refractivity contribution in [3.63, 3.8) is 0 Å². The molecule has 6 heteroatoms. The highest BCUT2D eigenvalue weighted by Crippen LogP contribution is 2.23. The second-order valence-corrected chi connectivity index (χ2v) is 7.89. The van der Waals surface area contributed by atoms with E-state index in [1.165, 1.54) is 15.8 Å². The third kappa shape index (κ3) is 4.28. The first-order valence-corrected chi connectivity index (χ1v) is 10.4. The van der Waals surface area contributed by atoms with Crippen LogP contribution < -0.4 is 14.3 Å². The number of hydrogen-bond acceptors (Lipinski definition) is 5. The lowest BCUT2D eigenvalue weighted by Crippen LogP contribution is -2.15. The van der Waals surface area contributed by atoms with Gasteiger partial charge in [-0.15, -0.1) is 5.10 Å². The zero-order valence-corrected chi connectivity index (χ0v) is 18.0. The third-order valence-corrected chi connectivity index (χ3v) is 5.83. The molecular weight excluding hydrogens is 394 g/mol. The Bertz CT molecular complexity index is 1260. The predicted molar refractivity (Wildman–Crippen MR) is 123 cm³/mol. The standard InChI is InChI=1S/C24H23N3O2S/c1-17-9-11-21-23(13-17)30-24(27(21)16-18-7-5-4-6-8-18)26-25-15-19-14-20(28-2)10-12-22(19)29-3/h4-15H,16H2,1-3H3/b25-15+,26-24+. The highest BCUT2D eigenvalue weighted by atomic mass is 32.1. The van der Waals surface area contributed by atoms with Crippen LogP contribution in [0.1, 0.15) is 16.7 Å². The van der Waals surface area contributed by atoms with Crippen LogP contribution in [-0.4, -0.2) is 25.0 Å². The number of rotatable bonds is 6. The minimum Gasteiger partial charge on any atom is -0.497 e. The van der Waals surface area contributed by atoms with Crippen LogP contribution in [0.3, 0.4) is 0 Å². The first-order chi connectivity index (χ1) is 14.7. The molecule has 152 valence electrons. The van der Waals surface area contributed by atoms with Gasteiger partial charge in [-0.3, -0.25) is 0 Å². The number of thiazole rings is 1. The van der Waals surface area contributed by atoms with E-state index in [1.807, 2.05) is 24.3 Å². The van der Waals surface area contributed by atoms with Gasteiger partial charge in [-0.2, -0.15) is 5.10 Å². The van der Waals surface area contributed by atoms with Gasteiger partial charge < -0.3 is 14.0 Å². The van der Waals surface area contributed by atoms with Crippen molar-refractivity contribution >= 4 is 27.8 Å². The molecule has 0 N–H and O–H groups in total. The second-order valence-electron chi connectivity index (χ2n) is 6.88. The first kappa shape index (κ1) is 19.9. The van der Waals surface area contributed by atoms with E-state index in [0.717, 1.165) is 33.9 Å². The lowest BCUT2D eigenvalue weighted by molar-refractivity contribution is 0.402. The Hall–Kier alpha value is -3.38. The molecule has 0 radical (unpaired) electrons. The van der Waals surface area contributed by atoms with Crippen molar-refractivity contribution in [3.05, 3.63) is 88.2 Å². The van der Waals surface area contributed by atoms with Gasteiger partial charge in [0, 0.05) is 5.56 Å². The molecule has 0 amide bonds. The van der Waals surface area contributed by atoms with Crippen LogP contribution in [0.15, 0.2) is 76.9 Å². The number of aryl methyl sites for hydroxylation is 1. The highest BCUT2D eigenvalue weighted by Gasteiger charge is 2.08. The van der Waals surface area contributed by atoms with Gasteiger partial charge in [0.25, 0.3) is 0 Å². The van der Waals surface area contributed by atoms with Gasteiger partial charge in [0.15, 0.2) is 0 Å². The Labute approximate surface area is 179 Å². The van der Waals surface area contributed by atoms with Gasteiger partial charge in [-0.25, -0.2) is 0 Å². The molecule has 0 fully saturated rings. The molecule has 3 aromatic carbocycles. The third-order valence-electron chi connectivity index (χ3n) is 4.80. The summed E-state index contributed by atoms with van der Waals surface area (Å²) >= 11 is 1.64. The summed E-state index contributed by atoms with van der Waals surface area (Å²) in [4.78, 5) is 0.845. The number of hydrogen-bond donors (Lipinski definition) is 0. The minimum atomic E-state index is 0.721. The number of methoxy groups -OCH3 is 2. The van der Waals surface area contributed by atoms with E-state index in [-0.39, 0.29) is 0 Å². The Balaban J connectivity index is 1.77. The number of fused-ring (bicyclic) bond motifs is 1. The number of aromatic nitrogens is 1. The lowest BCUT2D eigenvalue weighted by Gasteiger charge is -2.06. The minimum absolute atomic E-state index is 0.721. The van der Waals surface area contributed by atoms with Gasteiger partial charge in [0.1, 0.15) is 11.5 Å². The number of benzene rings is 3. The SMILES string of the molecule is COc1ccc(OC)c(/C=N/N=c2/sc3cc(C)ccc3n2Cc2ccccc2)c1. The summed E-state index contributed by atoms with van der Waals surface area (Å²) in [5, 5.41) is 8.92. The average molecular weight is 418 g/mol. The zero-order valence-electron chi connectivity index (χ0n) is 17.2. The van der Waals surface area contributed by atoms with Gasteiger partial charge in [0.2, 0.25) is 4.80 Å². The van der Waals surface area contributed by atoms with E-state index in [1.54, 1.807) is 31.8 Å². The fourth-order valence-electron chi connectivity index (χ4n) is 3.26. The van der Waals surface area contributed by atoms with Crippen molar-refractivity contribution in [3.8, 4) is 11.5 Å². The molecule has 0 saturated carbocycles. The quantitative estimate of drug-likeness (QED) is 0.327. The maximum absolute atomic E-state index is 5.42. The van der Waals surface area contributed by atoms with Crippen LogP contribution in [0.2, 0.25) is 0 Å². The summed E-state index contributed by atoms with van der Waals surface area (Å²) in [5.41, 5.74) is 4.42. The monoisotopic (exact) mass is 417 g/mol. The number of ether oxygens (including phenoxy) is 2. The van der Waals surface area contributed by atoms with Crippen LogP contribution >= 0.6 is 11.3 Å². The van der Waals surface area contributed by atoms with Crippen LogP contribution in [0.25, 0.3) is 10.2 Å². The molecule has 1 heterocycles. The Kier molecular flexibility index (Phi) is 5.95. The van der Waals surface area contributed by atoms with Crippen LogP contribution in [-0.2, 0) is 6.54 Å². The summed E-state index contributed by atoms with van der Waals surface area (Å²) < 4.78 is 14.1. The van der Waals surface area contributed by atoms with E-state index in [4.69, 9.17) is 9.47 Å². The van der Waals surface area contributed by atoms with E-state index in [0.29, 0.717) is 0 Å². The van der Waals surface area contributed by atoms with Gasteiger partial charge >= 0.3 is 0 Å².